The predicted octanol–water partition coefficient (Wildman–Crippen LogP) is 2.39. The Bertz CT molecular complexity index is 382. The van der Waals surface area contributed by atoms with E-state index in [9.17, 15) is 0 Å². The summed E-state index contributed by atoms with van der Waals surface area (Å²) in [5.41, 5.74) is 2.34. The monoisotopic (exact) mass is 276 g/mol. The van der Waals surface area contributed by atoms with Crippen molar-refractivity contribution in [3.63, 3.8) is 0 Å². The first-order valence-corrected chi connectivity index (χ1v) is 7.87. The lowest BCUT2D eigenvalue weighted by Crippen LogP contribution is -2.41. The molecular formula is C17H28N2O. The van der Waals surface area contributed by atoms with Gasteiger partial charge in [-0.15, -0.1) is 0 Å². The maximum absolute atomic E-state index is 9.06. The van der Waals surface area contributed by atoms with E-state index >= 15 is 0 Å². The van der Waals surface area contributed by atoms with E-state index in [0.717, 1.165) is 24.6 Å². The van der Waals surface area contributed by atoms with Gasteiger partial charge in [0.25, 0.3) is 0 Å². The molecule has 20 heavy (non-hydrogen) atoms. The van der Waals surface area contributed by atoms with Gasteiger partial charge in [-0.05, 0) is 56.4 Å². The Hall–Kier alpha value is -0.900. The summed E-state index contributed by atoms with van der Waals surface area (Å²) in [5.74, 6) is 0.822. The van der Waals surface area contributed by atoms with Crippen molar-refractivity contribution in [2.24, 2.45) is 5.92 Å². The number of aliphatic hydroxyl groups excluding tert-OH is 1. The smallest absolute Gasteiger partial charge is 0.0681 e. The van der Waals surface area contributed by atoms with Gasteiger partial charge in [0.1, 0.15) is 0 Å². The molecule has 1 aromatic rings. The second-order valence-electron chi connectivity index (χ2n) is 5.93. The van der Waals surface area contributed by atoms with Crippen molar-refractivity contribution in [1.82, 2.24) is 10.2 Å². The molecular weight excluding hydrogens is 248 g/mol. The van der Waals surface area contributed by atoms with Crippen LogP contribution in [0.25, 0.3) is 0 Å². The topological polar surface area (TPSA) is 35.5 Å². The van der Waals surface area contributed by atoms with Crippen molar-refractivity contribution >= 4 is 0 Å². The molecule has 1 fully saturated rings. The molecule has 1 aliphatic heterocycles. The molecule has 0 amide bonds. The Morgan fingerprint density at radius 3 is 2.35 bits per heavy atom. The summed E-state index contributed by atoms with van der Waals surface area (Å²) < 4.78 is 0. The van der Waals surface area contributed by atoms with Crippen LogP contribution in [0.3, 0.4) is 0 Å². The highest BCUT2D eigenvalue weighted by Gasteiger charge is 2.23. The summed E-state index contributed by atoms with van der Waals surface area (Å²) in [4.78, 5) is 2.54. The number of nitrogens with one attached hydrogen (secondary N) is 1. The van der Waals surface area contributed by atoms with Gasteiger partial charge < -0.3 is 10.4 Å². The second kappa shape index (κ2) is 7.77. The minimum Gasteiger partial charge on any atom is -0.392 e. The number of nitrogens with zero attached hydrogens (tertiary/aromatic N) is 1. The fourth-order valence-corrected chi connectivity index (χ4v) is 3.11. The van der Waals surface area contributed by atoms with Gasteiger partial charge in [-0.2, -0.15) is 0 Å². The van der Waals surface area contributed by atoms with Crippen LogP contribution < -0.4 is 5.32 Å². The van der Waals surface area contributed by atoms with Crippen molar-refractivity contribution in [1.29, 1.82) is 0 Å². The van der Waals surface area contributed by atoms with Crippen molar-refractivity contribution in [2.75, 3.05) is 19.6 Å². The fourth-order valence-electron chi connectivity index (χ4n) is 3.11. The maximum Gasteiger partial charge on any atom is 0.0681 e. The van der Waals surface area contributed by atoms with Crippen molar-refractivity contribution < 1.29 is 5.11 Å². The van der Waals surface area contributed by atoms with Crippen LogP contribution >= 0.6 is 0 Å². The molecule has 0 saturated carbocycles. The summed E-state index contributed by atoms with van der Waals surface area (Å²) in [6, 6.07) is 8.97. The molecule has 1 heterocycles. The lowest BCUT2D eigenvalue weighted by Gasteiger charge is -2.35. The van der Waals surface area contributed by atoms with E-state index in [1.807, 2.05) is 12.1 Å². The van der Waals surface area contributed by atoms with Crippen LogP contribution in [0.5, 0.6) is 0 Å². The number of aliphatic hydroxyl groups is 1. The second-order valence-corrected chi connectivity index (χ2v) is 5.93. The van der Waals surface area contributed by atoms with E-state index in [-0.39, 0.29) is 6.61 Å². The van der Waals surface area contributed by atoms with E-state index in [4.69, 9.17) is 5.11 Å². The Kier molecular flexibility index (Phi) is 6.02. The van der Waals surface area contributed by atoms with Gasteiger partial charge in [0.2, 0.25) is 0 Å². The molecule has 0 radical (unpaired) electrons. The molecule has 3 nitrogen and oxygen atoms in total. The molecule has 1 atom stereocenters. The molecule has 1 unspecified atom stereocenters. The molecule has 0 aromatic heterocycles. The fraction of sp³-hybridized carbons (Fsp3) is 0.647. The number of rotatable bonds is 6. The molecule has 1 aromatic carbocycles. The molecule has 1 saturated heterocycles. The van der Waals surface area contributed by atoms with Crippen molar-refractivity contribution in [3.8, 4) is 0 Å². The SMILES string of the molecule is CCNC(C)C1CCN(Cc2ccc(CO)cc2)CC1. The zero-order valence-corrected chi connectivity index (χ0v) is 12.8. The van der Waals surface area contributed by atoms with E-state index in [1.54, 1.807) is 0 Å². The van der Waals surface area contributed by atoms with Crippen LogP contribution in [-0.4, -0.2) is 35.7 Å². The van der Waals surface area contributed by atoms with Crippen LogP contribution in [0, 0.1) is 5.92 Å². The van der Waals surface area contributed by atoms with Crippen LogP contribution in [0.4, 0.5) is 0 Å². The zero-order valence-electron chi connectivity index (χ0n) is 12.8. The quantitative estimate of drug-likeness (QED) is 0.837. The zero-order chi connectivity index (χ0) is 14.4. The molecule has 112 valence electrons. The first-order chi connectivity index (χ1) is 9.72. The third-order valence-corrected chi connectivity index (χ3v) is 4.48. The summed E-state index contributed by atoms with van der Waals surface area (Å²) in [6.07, 6.45) is 2.59. The number of piperidine rings is 1. The molecule has 2 N–H and O–H groups in total. The van der Waals surface area contributed by atoms with Crippen molar-refractivity contribution in [3.05, 3.63) is 35.4 Å². The first-order valence-electron chi connectivity index (χ1n) is 7.87. The first kappa shape index (κ1) is 15.5. The highest BCUT2D eigenvalue weighted by Crippen LogP contribution is 2.22. The summed E-state index contributed by atoms with van der Waals surface area (Å²) >= 11 is 0. The molecule has 1 aliphatic rings. The molecule has 0 bridgehead atoms. The Morgan fingerprint density at radius 2 is 1.80 bits per heavy atom. The van der Waals surface area contributed by atoms with E-state index in [1.165, 1.54) is 31.5 Å². The number of hydrogen-bond donors (Lipinski definition) is 2. The summed E-state index contributed by atoms with van der Waals surface area (Å²) in [7, 11) is 0. The van der Waals surface area contributed by atoms with E-state index in [2.05, 4.69) is 36.2 Å². The lowest BCUT2D eigenvalue weighted by atomic mass is 9.90. The largest absolute Gasteiger partial charge is 0.392 e. The Labute approximate surface area is 123 Å². The highest BCUT2D eigenvalue weighted by atomic mass is 16.3. The Balaban J connectivity index is 1.78. The lowest BCUT2D eigenvalue weighted by molar-refractivity contribution is 0.157. The normalized spacial score (nSPS) is 19.1. The van der Waals surface area contributed by atoms with Gasteiger partial charge in [-0.25, -0.2) is 0 Å². The van der Waals surface area contributed by atoms with E-state index in [0.29, 0.717) is 6.04 Å². The van der Waals surface area contributed by atoms with Gasteiger partial charge in [-0.1, -0.05) is 31.2 Å². The van der Waals surface area contributed by atoms with Gasteiger partial charge in [0.05, 0.1) is 6.61 Å². The standard InChI is InChI=1S/C17H28N2O/c1-3-18-14(2)17-8-10-19(11-9-17)12-15-4-6-16(13-20)7-5-15/h4-7,14,17-18,20H,3,8-13H2,1-2H3. The molecule has 0 spiro atoms. The minimum atomic E-state index is 0.133. The number of hydrogen-bond acceptors (Lipinski definition) is 3. The third-order valence-electron chi connectivity index (χ3n) is 4.48. The van der Waals surface area contributed by atoms with Crippen LogP contribution in [-0.2, 0) is 13.2 Å². The van der Waals surface area contributed by atoms with Gasteiger partial charge in [0, 0.05) is 12.6 Å². The van der Waals surface area contributed by atoms with Gasteiger partial charge in [0.15, 0.2) is 0 Å². The maximum atomic E-state index is 9.06. The van der Waals surface area contributed by atoms with Crippen LogP contribution in [0.15, 0.2) is 24.3 Å². The van der Waals surface area contributed by atoms with Gasteiger partial charge in [-0.3, -0.25) is 4.90 Å². The van der Waals surface area contributed by atoms with Crippen LogP contribution in [0.1, 0.15) is 37.8 Å². The van der Waals surface area contributed by atoms with E-state index < -0.39 is 0 Å². The minimum absolute atomic E-state index is 0.133. The molecule has 0 aliphatic carbocycles. The average Bonchev–Trinajstić information content (AvgIpc) is 2.49. The Morgan fingerprint density at radius 1 is 1.20 bits per heavy atom. The third kappa shape index (κ3) is 4.30. The van der Waals surface area contributed by atoms with Gasteiger partial charge >= 0.3 is 0 Å². The molecule has 2 rings (SSSR count). The van der Waals surface area contributed by atoms with Crippen molar-refractivity contribution in [2.45, 2.75) is 45.9 Å². The highest BCUT2D eigenvalue weighted by molar-refractivity contribution is 5.21. The van der Waals surface area contributed by atoms with Crippen LogP contribution in [0.2, 0.25) is 0 Å². The number of benzene rings is 1. The average molecular weight is 276 g/mol. The predicted molar refractivity (Wildman–Crippen MR) is 83.5 cm³/mol. The summed E-state index contributed by atoms with van der Waals surface area (Å²) in [6.45, 7) is 9.13. The number of likely N-dealkylation sites (tertiary alicyclic amines) is 1. The molecule has 3 heteroatoms. The summed E-state index contributed by atoms with van der Waals surface area (Å²) in [5, 5.41) is 12.6.